The summed E-state index contributed by atoms with van der Waals surface area (Å²) < 4.78 is 47.0. The molecule has 0 fully saturated rings. The van der Waals surface area contributed by atoms with E-state index in [4.69, 9.17) is 10.2 Å². The lowest BCUT2D eigenvalue weighted by molar-refractivity contribution is -0.141. The minimum Gasteiger partial charge on any atom is -0.401 e. The topological polar surface area (TPSA) is 124 Å². The first kappa shape index (κ1) is 23.0. The first-order chi connectivity index (χ1) is 16.2. The molecule has 0 unspecified atom stereocenters. The average molecular weight is 471 g/mol. The van der Waals surface area contributed by atoms with Gasteiger partial charge in [0.1, 0.15) is 5.69 Å². The first-order valence-electron chi connectivity index (χ1n) is 10.2. The Morgan fingerprint density at radius 1 is 1.12 bits per heavy atom. The summed E-state index contributed by atoms with van der Waals surface area (Å²) in [5.41, 5.74) is 6.00. The van der Waals surface area contributed by atoms with E-state index >= 15 is 0 Å². The molecule has 0 bridgehead atoms. The summed E-state index contributed by atoms with van der Waals surface area (Å²) in [6.07, 6.45) is -4.69. The predicted octanol–water partition coefficient (Wildman–Crippen LogP) is 3.65. The molecule has 4 rings (SSSR count). The highest BCUT2D eigenvalue weighted by Gasteiger charge is 2.36. The molecule has 1 atom stereocenters. The normalized spacial score (nSPS) is 12.4. The maximum absolute atomic E-state index is 13.5. The molecule has 9 nitrogen and oxygen atoms in total. The molecule has 4 N–H and O–H groups in total. The van der Waals surface area contributed by atoms with Gasteiger partial charge in [-0.2, -0.15) is 18.3 Å². The highest BCUT2D eigenvalue weighted by Crippen LogP contribution is 2.33. The number of nitrogens with two attached hydrogens (primary N) is 1. The molecule has 2 aromatic carbocycles. The predicted molar refractivity (Wildman–Crippen MR) is 117 cm³/mol. The van der Waals surface area contributed by atoms with Crippen molar-refractivity contribution in [3.05, 3.63) is 71.9 Å². The van der Waals surface area contributed by atoms with Crippen LogP contribution in [0.3, 0.4) is 0 Å². The number of hydrogen-bond acceptors (Lipinski definition) is 7. The van der Waals surface area contributed by atoms with Crippen LogP contribution in [0.4, 0.5) is 24.9 Å². The van der Waals surface area contributed by atoms with E-state index in [1.165, 1.54) is 0 Å². The van der Waals surface area contributed by atoms with Gasteiger partial charge in [-0.05, 0) is 36.8 Å². The Labute approximate surface area is 191 Å². The number of halogens is 3. The standard InChI is InChI=1S/C22H20F3N7O2/c1-13(26)19(33)27-12-14-6-5-9-16(10-14)32-17(11-18(31-32)22(23,24)25)20-29-30-21(34-20)28-15-7-3-2-4-8-15/h2-11,13H,12,26H2,1H3,(H,27,33)(H,28,30)/t13-/m0/s1. The molecule has 4 aromatic rings. The number of benzene rings is 2. The van der Waals surface area contributed by atoms with Crippen LogP contribution in [-0.2, 0) is 17.5 Å². The number of para-hydroxylation sites is 1. The summed E-state index contributed by atoms with van der Waals surface area (Å²) in [5.74, 6) is -0.508. The fourth-order valence-corrected chi connectivity index (χ4v) is 3.04. The second kappa shape index (κ2) is 9.35. The molecule has 0 aliphatic heterocycles. The number of aromatic nitrogens is 4. The van der Waals surface area contributed by atoms with Crippen LogP contribution in [0.15, 0.2) is 65.1 Å². The third-order valence-electron chi connectivity index (χ3n) is 4.70. The average Bonchev–Trinajstić information content (AvgIpc) is 3.45. The summed E-state index contributed by atoms with van der Waals surface area (Å²) in [6.45, 7) is 1.69. The zero-order valence-electron chi connectivity index (χ0n) is 17.9. The van der Waals surface area contributed by atoms with Crippen molar-refractivity contribution < 1.29 is 22.4 Å². The van der Waals surface area contributed by atoms with Crippen molar-refractivity contribution in [2.24, 2.45) is 5.73 Å². The van der Waals surface area contributed by atoms with Crippen LogP contribution in [0.1, 0.15) is 18.2 Å². The van der Waals surface area contributed by atoms with Crippen LogP contribution in [-0.4, -0.2) is 31.9 Å². The Balaban J connectivity index is 1.67. The molecular weight excluding hydrogens is 451 g/mol. The third kappa shape index (κ3) is 5.23. The number of alkyl halides is 3. The van der Waals surface area contributed by atoms with E-state index in [2.05, 4.69) is 25.9 Å². The van der Waals surface area contributed by atoms with Gasteiger partial charge >= 0.3 is 12.2 Å². The Bertz CT molecular complexity index is 1280. The molecule has 176 valence electrons. The molecule has 12 heteroatoms. The monoisotopic (exact) mass is 471 g/mol. The van der Waals surface area contributed by atoms with E-state index < -0.39 is 17.9 Å². The molecule has 0 aliphatic rings. The van der Waals surface area contributed by atoms with Crippen molar-refractivity contribution in [2.45, 2.75) is 25.7 Å². The zero-order chi connectivity index (χ0) is 24.3. The molecule has 1 amide bonds. The zero-order valence-corrected chi connectivity index (χ0v) is 17.9. The van der Waals surface area contributed by atoms with Crippen LogP contribution < -0.4 is 16.4 Å². The molecule has 2 aromatic heterocycles. The Morgan fingerprint density at radius 3 is 2.59 bits per heavy atom. The maximum atomic E-state index is 13.5. The van der Waals surface area contributed by atoms with Gasteiger partial charge in [0.2, 0.25) is 5.91 Å². The van der Waals surface area contributed by atoms with E-state index in [1.807, 2.05) is 6.07 Å². The van der Waals surface area contributed by atoms with Crippen molar-refractivity contribution >= 4 is 17.6 Å². The van der Waals surface area contributed by atoms with Crippen molar-refractivity contribution in [3.63, 3.8) is 0 Å². The van der Waals surface area contributed by atoms with Gasteiger partial charge in [-0.3, -0.25) is 4.79 Å². The summed E-state index contributed by atoms with van der Waals surface area (Å²) in [4.78, 5) is 11.7. The largest absolute Gasteiger partial charge is 0.435 e. The Kier molecular flexibility index (Phi) is 6.32. The number of nitrogens with one attached hydrogen (secondary N) is 2. The SMILES string of the molecule is C[C@H](N)C(=O)NCc1cccc(-n2nc(C(F)(F)F)cc2-c2nnc(Nc3ccccc3)o2)c1. The summed E-state index contributed by atoms with van der Waals surface area (Å²) >= 11 is 0. The van der Waals surface area contributed by atoms with Crippen LogP contribution in [0.2, 0.25) is 0 Å². The Hall–Kier alpha value is -4.19. The van der Waals surface area contributed by atoms with Gasteiger partial charge in [-0.15, -0.1) is 5.10 Å². The maximum Gasteiger partial charge on any atom is 0.435 e. The van der Waals surface area contributed by atoms with Gasteiger partial charge < -0.3 is 20.8 Å². The fraction of sp³-hybridized carbons (Fsp3) is 0.182. The van der Waals surface area contributed by atoms with Gasteiger partial charge in [0.25, 0.3) is 5.89 Å². The summed E-state index contributed by atoms with van der Waals surface area (Å²) in [7, 11) is 0. The van der Waals surface area contributed by atoms with Crippen LogP contribution in [0.25, 0.3) is 17.3 Å². The van der Waals surface area contributed by atoms with Gasteiger partial charge in [-0.25, -0.2) is 4.68 Å². The number of rotatable bonds is 7. The quantitative estimate of drug-likeness (QED) is 0.376. The minimum atomic E-state index is -4.69. The van der Waals surface area contributed by atoms with Gasteiger partial charge in [0, 0.05) is 18.3 Å². The number of nitrogens with zero attached hydrogens (tertiary/aromatic N) is 4. The lowest BCUT2D eigenvalue weighted by Crippen LogP contribution is -2.37. The van der Waals surface area contributed by atoms with Crippen LogP contribution in [0.5, 0.6) is 0 Å². The van der Waals surface area contributed by atoms with E-state index in [-0.39, 0.29) is 30.1 Å². The number of carbonyl (C=O) groups is 1. The highest BCUT2D eigenvalue weighted by atomic mass is 19.4. The molecular formula is C22H20F3N7O2. The summed E-state index contributed by atoms with van der Waals surface area (Å²) in [6, 6.07) is 15.7. The van der Waals surface area contributed by atoms with Crippen molar-refractivity contribution in [1.29, 1.82) is 0 Å². The van der Waals surface area contributed by atoms with E-state index in [9.17, 15) is 18.0 Å². The minimum absolute atomic E-state index is 0.00914. The van der Waals surface area contributed by atoms with Crippen molar-refractivity contribution in [1.82, 2.24) is 25.3 Å². The fourth-order valence-electron chi connectivity index (χ4n) is 3.04. The second-order valence-electron chi connectivity index (χ2n) is 7.40. The molecule has 34 heavy (non-hydrogen) atoms. The van der Waals surface area contributed by atoms with E-state index in [1.54, 1.807) is 55.5 Å². The molecule has 0 spiro atoms. The molecule has 0 saturated carbocycles. The van der Waals surface area contributed by atoms with Gasteiger partial charge in [0.15, 0.2) is 5.69 Å². The second-order valence-corrected chi connectivity index (χ2v) is 7.40. The van der Waals surface area contributed by atoms with Crippen molar-refractivity contribution in [3.8, 4) is 17.3 Å². The van der Waals surface area contributed by atoms with Gasteiger partial charge in [0.05, 0.1) is 11.7 Å². The van der Waals surface area contributed by atoms with E-state index in [0.717, 1.165) is 10.7 Å². The summed E-state index contributed by atoms with van der Waals surface area (Å²) in [5, 5.41) is 17.0. The number of hydrogen-bond donors (Lipinski definition) is 3. The number of amides is 1. The molecule has 0 saturated heterocycles. The van der Waals surface area contributed by atoms with Crippen LogP contribution in [0, 0.1) is 0 Å². The number of carbonyl (C=O) groups excluding carboxylic acids is 1. The molecule has 0 radical (unpaired) electrons. The number of anilines is 2. The van der Waals surface area contributed by atoms with Crippen LogP contribution >= 0.6 is 0 Å². The van der Waals surface area contributed by atoms with E-state index in [0.29, 0.717) is 16.9 Å². The Morgan fingerprint density at radius 2 is 1.88 bits per heavy atom. The lowest BCUT2D eigenvalue weighted by Gasteiger charge is -2.10. The van der Waals surface area contributed by atoms with Crippen molar-refractivity contribution in [2.75, 3.05) is 5.32 Å². The smallest absolute Gasteiger partial charge is 0.401 e. The molecule has 2 heterocycles. The first-order valence-corrected chi connectivity index (χ1v) is 10.2. The van der Waals surface area contributed by atoms with Gasteiger partial charge in [-0.1, -0.05) is 35.4 Å². The lowest BCUT2D eigenvalue weighted by atomic mass is 10.2. The highest BCUT2D eigenvalue weighted by molar-refractivity contribution is 5.80. The third-order valence-corrected chi connectivity index (χ3v) is 4.70. The molecule has 0 aliphatic carbocycles.